The molecule has 6 amide bonds. The maximum Gasteiger partial charge on any atom is 0.317 e. The van der Waals surface area contributed by atoms with Gasteiger partial charge in [-0.25, -0.2) is 4.98 Å². The van der Waals surface area contributed by atoms with E-state index in [1.165, 1.54) is 60.4 Å². The molecule has 4 aromatic rings. The molecule has 13 N–H and O–H groups in total. The number of amides is 6. The van der Waals surface area contributed by atoms with Crippen molar-refractivity contribution in [2.24, 2.45) is 35.3 Å². The van der Waals surface area contributed by atoms with E-state index in [9.17, 15) is 97.1 Å². The molecule has 584 valence electrons. The molecule has 32 nitrogen and oxygen atoms in total. The van der Waals surface area contributed by atoms with E-state index in [0.717, 1.165) is 15.8 Å². The summed E-state index contributed by atoms with van der Waals surface area (Å²) >= 11 is 1.55. The number of hydrogen-bond donors (Lipinski definition) is 12. The third kappa shape index (κ3) is 29.8. The number of nitrogens with zero attached hydrogens (tertiary/aromatic N) is 4. The van der Waals surface area contributed by atoms with Crippen molar-refractivity contribution >= 4 is 117 Å². The van der Waals surface area contributed by atoms with Crippen LogP contribution in [0.2, 0.25) is 0 Å². The Balaban J connectivity index is 1.24. The minimum atomic E-state index is -1.57. The largest absolute Gasteiger partial charge is 0.480 e. The highest BCUT2D eigenvalue weighted by atomic mass is 32.2. The molecular weight excluding hydrogens is 1410 g/mol. The Hall–Kier alpha value is -9.86. The average molecular weight is 1510 g/mol. The number of nitrogens with one attached hydrogen (secondary N) is 7. The Labute approximate surface area is 624 Å². The number of rotatable bonds is 50. The van der Waals surface area contributed by atoms with Crippen LogP contribution in [0.4, 0.5) is 0 Å². The number of hydrogen-bond acceptors (Lipinski definition) is 21. The molecule has 1 aliphatic rings. The van der Waals surface area contributed by atoms with Gasteiger partial charge in [0.15, 0.2) is 28.9 Å². The van der Waals surface area contributed by atoms with Crippen LogP contribution < -0.4 is 32.3 Å². The first-order valence-corrected chi connectivity index (χ1v) is 37.0. The lowest BCUT2D eigenvalue weighted by atomic mass is 9.89. The number of aromatic nitrogens is 3. The predicted molar refractivity (Wildman–Crippen MR) is 392 cm³/mol. The fourth-order valence-electron chi connectivity index (χ4n) is 13.0. The van der Waals surface area contributed by atoms with Gasteiger partial charge in [0.1, 0.15) is 11.8 Å². The van der Waals surface area contributed by atoms with Gasteiger partial charge in [-0.2, -0.15) is 11.8 Å². The third-order valence-corrected chi connectivity index (χ3v) is 19.4. The van der Waals surface area contributed by atoms with Gasteiger partial charge in [0.2, 0.25) is 35.4 Å². The zero-order valence-corrected chi connectivity index (χ0v) is 62.4. The summed E-state index contributed by atoms with van der Waals surface area (Å²) in [4.78, 5) is 226. The highest BCUT2D eigenvalue weighted by Gasteiger charge is 2.45. The Morgan fingerprint density at radius 2 is 1.27 bits per heavy atom. The quantitative estimate of drug-likeness (QED) is 0.0282. The van der Waals surface area contributed by atoms with E-state index < -0.39 is 194 Å². The van der Waals surface area contributed by atoms with Crippen LogP contribution >= 0.6 is 11.8 Å². The fraction of sp³-hybridized carbons (Fsp3) is 0.554. The summed E-state index contributed by atoms with van der Waals surface area (Å²) in [5, 5.41) is 53.2. The molecule has 0 radical (unpaired) electrons. The van der Waals surface area contributed by atoms with Crippen LogP contribution in [0.25, 0.3) is 10.9 Å². The Morgan fingerprint density at radius 1 is 0.645 bits per heavy atom. The van der Waals surface area contributed by atoms with Gasteiger partial charge in [-0.15, -0.1) is 0 Å². The van der Waals surface area contributed by atoms with E-state index in [-0.39, 0.29) is 107 Å². The highest BCUT2D eigenvalue weighted by Crippen LogP contribution is 2.29. The van der Waals surface area contributed by atoms with Crippen molar-refractivity contribution in [3.8, 4) is 0 Å². The molecule has 5 rings (SSSR count). The normalized spacial score (nSPS) is 15.2. The second kappa shape index (κ2) is 43.1. The summed E-state index contributed by atoms with van der Waals surface area (Å²) in [5.74, 6) is -15.1. The van der Waals surface area contributed by atoms with Crippen molar-refractivity contribution in [3.05, 3.63) is 89.6 Å². The SMILES string of the molecule is CSCC[C@H](CC(=O)[C@H](CC(C)C)NC(=O)[C@H](Cc1cnc[nH]1)NC(=O)CCC(=O)[C@@H](NC(=O)[C@H](C)CC(=O)[C@H](Cc1c[nH]c2ccccc12)NC(=O)[C@H](CCC(N)=O)CC(=O)c1ccc(CC(=O)CNC(=O)CCC2(N(CC(=O)O)CC(=O)O)CN(CC(=O)O)CCN(CC(=O)O)C2)cc1)C(C)C)C(C)=O. The van der Waals surface area contributed by atoms with Crippen LogP contribution in [-0.2, 0) is 91.2 Å². The van der Waals surface area contributed by atoms with E-state index in [1.807, 2.05) is 32.2 Å². The molecular formula is C74H102N12O20S. The first-order chi connectivity index (χ1) is 50.5. The van der Waals surface area contributed by atoms with Crippen LogP contribution in [0.3, 0.4) is 0 Å². The number of imidazole rings is 1. The molecule has 0 saturated carbocycles. The molecule has 0 unspecified atom stereocenters. The first-order valence-electron chi connectivity index (χ1n) is 35.6. The number of aliphatic carboxylic acids is 4. The predicted octanol–water partition coefficient (Wildman–Crippen LogP) is 2.34. The first kappa shape index (κ1) is 87.8. The molecule has 3 heterocycles. The third-order valence-electron chi connectivity index (χ3n) is 18.7. The number of fused-ring (bicyclic) bond motifs is 1. The van der Waals surface area contributed by atoms with E-state index in [4.69, 9.17) is 5.73 Å². The summed E-state index contributed by atoms with van der Waals surface area (Å²) in [6.45, 7) is 6.28. The number of benzene rings is 2. The topological polar surface area (TPSA) is 494 Å². The van der Waals surface area contributed by atoms with Gasteiger partial charge in [-0.1, -0.05) is 77.1 Å². The van der Waals surface area contributed by atoms with Crippen molar-refractivity contribution in [3.63, 3.8) is 0 Å². The minimum absolute atomic E-state index is 0.0256. The van der Waals surface area contributed by atoms with Gasteiger partial charge < -0.3 is 62.7 Å². The number of carboxylic acids is 4. The van der Waals surface area contributed by atoms with E-state index in [0.29, 0.717) is 29.0 Å². The molecule has 2 aromatic carbocycles. The lowest BCUT2D eigenvalue weighted by Gasteiger charge is -2.45. The van der Waals surface area contributed by atoms with Gasteiger partial charge in [0.25, 0.3) is 0 Å². The molecule has 2 aromatic heterocycles. The number of nitrogens with two attached hydrogens (primary N) is 1. The number of aromatic amines is 2. The van der Waals surface area contributed by atoms with Crippen molar-refractivity contribution < 1.29 is 97.1 Å². The van der Waals surface area contributed by atoms with Crippen molar-refractivity contribution in [1.82, 2.24) is 56.2 Å². The number of ketones is 6. The number of carbonyl (C=O) groups is 16. The van der Waals surface area contributed by atoms with Crippen molar-refractivity contribution in [2.75, 3.05) is 70.9 Å². The zero-order chi connectivity index (χ0) is 79.2. The number of H-pyrrole nitrogens is 2. The number of primary amides is 1. The highest BCUT2D eigenvalue weighted by molar-refractivity contribution is 7.98. The molecule has 107 heavy (non-hydrogen) atoms. The number of Topliss-reactive ketones (excluding diaryl/α,β-unsaturated/α-hetero) is 6. The second-order valence-electron chi connectivity index (χ2n) is 28.3. The standard InChI is InChI=1S/C74H102N12O20S/c1-43(2)26-56(62(92)30-49(46(6)87)21-25-107-7)82-73(106)58(32-52-34-76-42-79-52)80-65(95)19-17-59(89)70(44(3)4)83-71(104)45(5)27-61(91)57(29-51-33-77-55-11-9-8-10-54(51)55)81-72(105)50(16-18-63(75)93)31-60(90)48-14-12-47(13-15-48)28-53(88)35-78-64(94)20-22-74(86(38-68(100)101)39-69(102)103)40-84(36-66(96)97)23-24-85(41-74)37-67(98)99/h8-15,33-34,42-45,49-50,56-58,70,77H,16-32,35-41H2,1-7H3,(H2,75,93)(H,76,79)(H,78,94)(H,80,95)(H,81,105)(H,82,106)(H,83,104)(H,96,97)(H,98,99)(H,100,101)(H,102,103)/t45-,49-,50-,56+,57+,58+,70+/m1/s1. The maximum atomic E-state index is 14.6. The van der Waals surface area contributed by atoms with Gasteiger partial charge in [-0.3, -0.25) is 91.4 Å². The van der Waals surface area contributed by atoms with Crippen LogP contribution in [0.15, 0.2) is 67.3 Å². The second-order valence-corrected chi connectivity index (χ2v) is 29.3. The van der Waals surface area contributed by atoms with Gasteiger partial charge in [-0.05, 0) is 73.6 Å². The summed E-state index contributed by atoms with van der Waals surface area (Å²) in [6, 6.07) is 8.33. The Kier molecular flexibility index (Phi) is 35.3. The average Bonchev–Trinajstić information content (AvgIpc) is 1.79. The maximum absolute atomic E-state index is 14.6. The zero-order valence-electron chi connectivity index (χ0n) is 61.6. The van der Waals surface area contributed by atoms with Crippen LogP contribution in [0, 0.1) is 29.6 Å². The van der Waals surface area contributed by atoms with Gasteiger partial charge in [0, 0.05) is 148 Å². The summed E-state index contributed by atoms with van der Waals surface area (Å²) in [5.41, 5.74) is 6.30. The van der Waals surface area contributed by atoms with Crippen LogP contribution in [0.1, 0.15) is 139 Å². The monoisotopic (exact) mass is 1510 g/mol. The molecule has 0 spiro atoms. The van der Waals surface area contributed by atoms with Crippen LogP contribution in [-0.4, -0.2) is 245 Å². The Morgan fingerprint density at radius 3 is 1.84 bits per heavy atom. The molecule has 1 saturated heterocycles. The number of carbonyl (C=O) groups excluding carboxylic acids is 12. The Bertz CT molecular complexity index is 3760. The van der Waals surface area contributed by atoms with Crippen molar-refractivity contribution in [1.29, 1.82) is 0 Å². The molecule has 33 heteroatoms. The lowest BCUT2D eigenvalue weighted by molar-refractivity contribution is -0.148. The number of para-hydroxylation sites is 1. The summed E-state index contributed by atoms with van der Waals surface area (Å²) in [7, 11) is 0. The number of carboxylic acid groups (broad SMARTS) is 4. The fourth-order valence-corrected chi connectivity index (χ4v) is 13.5. The van der Waals surface area contributed by atoms with Crippen LogP contribution in [0.5, 0.6) is 0 Å². The molecule has 0 aliphatic carbocycles. The van der Waals surface area contributed by atoms with E-state index in [1.54, 1.807) is 43.9 Å². The molecule has 7 atom stereocenters. The summed E-state index contributed by atoms with van der Waals surface area (Å²) in [6.07, 6.45) is 3.80. The summed E-state index contributed by atoms with van der Waals surface area (Å²) < 4.78 is 0. The van der Waals surface area contributed by atoms with Gasteiger partial charge >= 0.3 is 23.9 Å². The lowest BCUT2D eigenvalue weighted by Crippen LogP contribution is -2.62. The van der Waals surface area contributed by atoms with E-state index >= 15 is 0 Å². The molecule has 1 fully saturated rings. The minimum Gasteiger partial charge on any atom is -0.480 e. The molecule has 0 bridgehead atoms. The number of thioether (sulfide) groups is 1. The van der Waals surface area contributed by atoms with Crippen molar-refractivity contribution in [2.45, 2.75) is 161 Å². The van der Waals surface area contributed by atoms with E-state index in [2.05, 4.69) is 41.5 Å². The van der Waals surface area contributed by atoms with Gasteiger partial charge in [0.05, 0.1) is 57.2 Å². The smallest absolute Gasteiger partial charge is 0.317 e. The molecule has 1 aliphatic heterocycles.